The van der Waals surface area contributed by atoms with Crippen LogP contribution >= 0.6 is 0 Å². The van der Waals surface area contributed by atoms with Gasteiger partial charge in [0.05, 0.1) is 0 Å². The molecule has 0 aromatic carbocycles. The van der Waals surface area contributed by atoms with Gasteiger partial charge in [0.1, 0.15) is 0 Å². The highest BCUT2D eigenvalue weighted by molar-refractivity contribution is 5.72. The van der Waals surface area contributed by atoms with Gasteiger partial charge < -0.3 is 9.47 Å². The maximum atomic E-state index is 11.3. The van der Waals surface area contributed by atoms with Crippen LogP contribution in [-0.4, -0.2) is 17.7 Å². The lowest BCUT2D eigenvalue weighted by molar-refractivity contribution is -0.216. The second-order valence-corrected chi connectivity index (χ2v) is 4.26. The van der Waals surface area contributed by atoms with E-state index < -0.39 is 5.79 Å². The molecule has 1 saturated heterocycles. The van der Waals surface area contributed by atoms with E-state index in [0.29, 0.717) is 12.8 Å². The Labute approximate surface area is 89.9 Å². The van der Waals surface area contributed by atoms with E-state index in [0.717, 1.165) is 25.7 Å². The summed E-state index contributed by atoms with van der Waals surface area (Å²) in [5.74, 6) is -1.72. The monoisotopic (exact) mass is 214 g/mol. The van der Waals surface area contributed by atoms with Crippen molar-refractivity contribution in [3.8, 4) is 0 Å². The number of carbonyl (C=O) groups excluding carboxylic acids is 2. The Kier molecular flexibility index (Phi) is 4.12. The van der Waals surface area contributed by atoms with E-state index >= 15 is 0 Å². The first-order valence-electron chi connectivity index (χ1n) is 5.43. The molecule has 0 aliphatic carbocycles. The average Bonchev–Trinajstić information content (AvgIpc) is 2.09. The molecule has 1 rings (SSSR count). The number of esters is 2. The molecule has 0 aromatic rings. The molecule has 0 amide bonds. The highest BCUT2D eigenvalue weighted by atomic mass is 16.7. The van der Waals surface area contributed by atoms with Crippen LogP contribution < -0.4 is 0 Å². The summed E-state index contributed by atoms with van der Waals surface area (Å²) >= 11 is 0. The van der Waals surface area contributed by atoms with Crippen LogP contribution in [0.25, 0.3) is 0 Å². The normalized spacial score (nSPS) is 23.6. The highest BCUT2D eigenvalue weighted by Crippen LogP contribution is 2.17. The smallest absolute Gasteiger partial charge is 0.309 e. The molecule has 4 nitrogen and oxygen atoms in total. The molecule has 86 valence electrons. The van der Waals surface area contributed by atoms with Gasteiger partial charge in [0.25, 0.3) is 5.79 Å². The van der Waals surface area contributed by atoms with Gasteiger partial charge in [-0.25, -0.2) is 0 Å². The molecule has 1 aliphatic heterocycles. The maximum absolute atomic E-state index is 11.3. The number of hydrogen-bond acceptors (Lipinski definition) is 4. The van der Waals surface area contributed by atoms with Crippen LogP contribution in [0.1, 0.15) is 52.4 Å². The molecule has 0 atom stereocenters. The molecule has 0 aromatic heterocycles. The van der Waals surface area contributed by atoms with Crippen LogP contribution in [0, 0.1) is 0 Å². The fraction of sp³-hybridized carbons (Fsp3) is 0.818. The first-order valence-corrected chi connectivity index (χ1v) is 5.43. The van der Waals surface area contributed by atoms with Crippen molar-refractivity contribution < 1.29 is 19.1 Å². The molecule has 0 bridgehead atoms. The highest BCUT2D eigenvalue weighted by Gasteiger charge is 2.27. The van der Waals surface area contributed by atoms with Crippen molar-refractivity contribution in [3.05, 3.63) is 0 Å². The zero-order valence-electron chi connectivity index (χ0n) is 9.38. The quantitative estimate of drug-likeness (QED) is 0.580. The topological polar surface area (TPSA) is 52.6 Å². The SMILES string of the molecule is CC1(C)OC(=O)CCCCCCC(=O)O1. The van der Waals surface area contributed by atoms with Crippen molar-refractivity contribution in [2.45, 2.75) is 58.2 Å². The van der Waals surface area contributed by atoms with Gasteiger partial charge in [-0.2, -0.15) is 0 Å². The Morgan fingerprint density at radius 3 is 1.67 bits per heavy atom. The zero-order valence-corrected chi connectivity index (χ0v) is 9.38. The lowest BCUT2D eigenvalue weighted by Crippen LogP contribution is -2.33. The lowest BCUT2D eigenvalue weighted by atomic mass is 10.1. The van der Waals surface area contributed by atoms with E-state index in [4.69, 9.17) is 9.47 Å². The summed E-state index contributed by atoms with van der Waals surface area (Å²) in [6, 6.07) is 0. The predicted octanol–water partition coefficient (Wildman–Crippen LogP) is 2.16. The average molecular weight is 214 g/mol. The van der Waals surface area contributed by atoms with Gasteiger partial charge in [0.2, 0.25) is 0 Å². The Bertz CT molecular complexity index is 221. The standard InChI is InChI=1S/C11H18O4/c1-11(2)14-9(12)7-5-3-4-6-8-10(13)15-11/h3-8H2,1-2H3. The van der Waals surface area contributed by atoms with E-state index in [-0.39, 0.29) is 11.9 Å². The second-order valence-electron chi connectivity index (χ2n) is 4.26. The zero-order chi connectivity index (χ0) is 11.3. The molecule has 15 heavy (non-hydrogen) atoms. The summed E-state index contributed by atoms with van der Waals surface area (Å²) in [5, 5.41) is 0. The summed E-state index contributed by atoms with van der Waals surface area (Å²) in [6.45, 7) is 3.17. The third kappa shape index (κ3) is 4.81. The first kappa shape index (κ1) is 12.0. The van der Waals surface area contributed by atoms with Gasteiger partial charge in [0, 0.05) is 26.7 Å². The van der Waals surface area contributed by atoms with Crippen molar-refractivity contribution in [2.75, 3.05) is 0 Å². The van der Waals surface area contributed by atoms with Gasteiger partial charge in [-0.15, -0.1) is 0 Å². The van der Waals surface area contributed by atoms with E-state index in [1.54, 1.807) is 13.8 Å². The summed E-state index contributed by atoms with van der Waals surface area (Å²) < 4.78 is 10.1. The van der Waals surface area contributed by atoms with Crippen molar-refractivity contribution >= 4 is 11.9 Å². The van der Waals surface area contributed by atoms with Crippen molar-refractivity contribution in [3.63, 3.8) is 0 Å². The van der Waals surface area contributed by atoms with Gasteiger partial charge >= 0.3 is 11.9 Å². The van der Waals surface area contributed by atoms with Crippen LogP contribution in [0.4, 0.5) is 0 Å². The van der Waals surface area contributed by atoms with Crippen LogP contribution in [-0.2, 0) is 19.1 Å². The van der Waals surface area contributed by atoms with E-state index in [2.05, 4.69) is 0 Å². The van der Waals surface area contributed by atoms with E-state index in [1.807, 2.05) is 0 Å². The molecule has 1 aliphatic rings. The molecule has 0 spiro atoms. The summed E-state index contributed by atoms with van der Waals surface area (Å²) in [4.78, 5) is 22.6. The van der Waals surface area contributed by atoms with Gasteiger partial charge in [0.15, 0.2) is 0 Å². The van der Waals surface area contributed by atoms with Crippen molar-refractivity contribution in [2.24, 2.45) is 0 Å². The van der Waals surface area contributed by atoms with E-state index in [1.165, 1.54) is 0 Å². The fourth-order valence-corrected chi connectivity index (χ4v) is 1.56. The molecular formula is C11H18O4. The van der Waals surface area contributed by atoms with Gasteiger partial charge in [-0.3, -0.25) is 9.59 Å². The minimum absolute atomic E-state index is 0.297. The van der Waals surface area contributed by atoms with Crippen molar-refractivity contribution in [1.29, 1.82) is 0 Å². The Hall–Kier alpha value is -1.06. The molecule has 1 fully saturated rings. The minimum atomic E-state index is -1.13. The molecule has 1 heterocycles. The number of rotatable bonds is 0. The largest absolute Gasteiger partial charge is 0.423 e. The third-order valence-corrected chi connectivity index (χ3v) is 2.23. The molecule has 0 N–H and O–H groups in total. The van der Waals surface area contributed by atoms with Gasteiger partial charge in [-0.1, -0.05) is 12.8 Å². The molecule has 4 heteroatoms. The summed E-state index contributed by atoms with van der Waals surface area (Å²) in [7, 11) is 0. The Morgan fingerprint density at radius 2 is 1.27 bits per heavy atom. The number of carbonyl (C=O) groups is 2. The van der Waals surface area contributed by atoms with Gasteiger partial charge in [-0.05, 0) is 12.8 Å². The first-order chi connectivity index (χ1) is 6.99. The van der Waals surface area contributed by atoms with Crippen molar-refractivity contribution in [1.82, 2.24) is 0 Å². The number of hydrogen-bond donors (Lipinski definition) is 0. The number of cyclic esters (lactones) is 2. The summed E-state index contributed by atoms with van der Waals surface area (Å²) in [6.07, 6.45) is 4.37. The fourth-order valence-electron chi connectivity index (χ4n) is 1.56. The Morgan fingerprint density at radius 1 is 0.867 bits per heavy atom. The molecule has 0 radical (unpaired) electrons. The van der Waals surface area contributed by atoms with Crippen LogP contribution in [0.3, 0.4) is 0 Å². The van der Waals surface area contributed by atoms with Crippen LogP contribution in [0.2, 0.25) is 0 Å². The van der Waals surface area contributed by atoms with E-state index in [9.17, 15) is 9.59 Å². The third-order valence-electron chi connectivity index (χ3n) is 2.23. The molecule has 0 saturated carbocycles. The Balaban J connectivity index is 2.59. The molecule has 0 unspecified atom stereocenters. The number of ether oxygens (including phenoxy) is 2. The lowest BCUT2D eigenvalue weighted by Gasteiger charge is -2.24. The second kappa shape index (κ2) is 5.14. The predicted molar refractivity (Wildman–Crippen MR) is 54.0 cm³/mol. The van der Waals surface area contributed by atoms with Crippen LogP contribution in [0.5, 0.6) is 0 Å². The summed E-state index contributed by atoms with van der Waals surface area (Å²) in [5.41, 5.74) is 0. The minimum Gasteiger partial charge on any atom is -0.423 e. The molecular weight excluding hydrogens is 196 g/mol. The maximum Gasteiger partial charge on any atom is 0.309 e. The van der Waals surface area contributed by atoms with Crippen LogP contribution in [0.15, 0.2) is 0 Å².